The summed E-state index contributed by atoms with van der Waals surface area (Å²) in [7, 11) is 1.55. The average Bonchev–Trinajstić information content (AvgIpc) is 2.72. The van der Waals surface area contributed by atoms with Gasteiger partial charge in [0.05, 0.1) is 24.3 Å². The molecule has 0 bridgehead atoms. The van der Waals surface area contributed by atoms with Gasteiger partial charge in [0.2, 0.25) is 11.9 Å². The number of rotatable bonds is 4. The Balaban J connectivity index is 1.52. The summed E-state index contributed by atoms with van der Waals surface area (Å²) in [5.41, 5.74) is 5.98. The van der Waals surface area contributed by atoms with Crippen LogP contribution in [0.25, 0.3) is 11.3 Å². The zero-order valence-corrected chi connectivity index (χ0v) is 16.0. The van der Waals surface area contributed by atoms with E-state index >= 15 is 0 Å². The minimum atomic E-state index is -0.877. The van der Waals surface area contributed by atoms with E-state index in [1.165, 1.54) is 12.3 Å². The molecule has 3 N–H and O–H groups in total. The van der Waals surface area contributed by atoms with Crippen LogP contribution in [0.1, 0.15) is 5.56 Å². The number of aromatic nitrogens is 2. The number of nitrogens with two attached hydrogens (primary N) is 1. The molecule has 2 heterocycles. The summed E-state index contributed by atoms with van der Waals surface area (Å²) in [4.78, 5) is 20.2. The molecule has 0 spiro atoms. The lowest BCUT2D eigenvalue weighted by atomic mass is 9.95. The van der Waals surface area contributed by atoms with Crippen LogP contribution in [-0.2, 0) is 11.2 Å². The lowest BCUT2D eigenvalue weighted by Gasteiger charge is -2.25. The number of carbonyl (C=O) groups is 1. The van der Waals surface area contributed by atoms with Gasteiger partial charge in [0.1, 0.15) is 29.7 Å². The molecule has 0 fully saturated rings. The molecule has 0 unspecified atom stereocenters. The molecule has 3 aromatic rings. The summed E-state index contributed by atoms with van der Waals surface area (Å²) in [6, 6.07) is 8.78. The summed E-state index contributed by atoms with van der Waals surface area (Å²) in [5.74, 6) is -1.43. The number of ether oxygens (including phenoxy) is 2. The number of hydrogen-bond acceptors (Lipinski definition) is 6. The zero-order valence-electron chi connectivity index (χ0n) is 16.0. The van der Waals surface area contributed by atoms with E-state index in [2.05, 4.69) is 15.3 Å². The maximum absolute atomic E-state index is 14.6. The number of nitrogens with one attached hydrogen (secondary N) is 1. The molecule has 9 heteroatoms. The fourth-order valence-electron chi connectivity index (χ4n) is 3.31. The van der Waals surface area contributed by atoms with Crippen LogP contribution >= 0.6 is 0 Å². The van der Waals surface area contributed by atoms with Crippen LogP contribution < -0.4 is 20.5 Å². The number of nitrogen functional groups attached to an aromatic ring is 1. The van der Waals surface area contributed by atoms with Crippen molar-refractivity contribution in [2.24, 2.45) is 5.92 Å². The molecule has 7 nitrogen and oxygen atoms in total. The number of fused-ring (bicyclic) bond motifs is 1. The molecule has 4 rings (SSSR count). The largest absolute Gasteiger partial charge is 0.497 e. The molecular formula is C21H18F2N4O3. The Bertz CT molecular complexity index is 1100. The number of benzene rings is 2. The van der Waals surface area contributed by atoms with Crippen LogP contribution in [0.15, 0.2) is 42.6 Å². The highest BCUT2D eigenvalue weighted by Gasteiger charge is 2.27. The first-order valence-electron chi connectivity index (χ1n) is 9.13. The average molecular weight is 412 g/mol. The first-order chi connectivity index (χ1) is 14.4. The van der Waals surface area contributed by atoms with E-state index in [1.54, 1.807) is 25.3 Å². The molecule has 0 radical (unpaired) electrons. The molecule has 30 heavy (non-hydrogen) atoms. The first kappa shape index (κ1) is 19.6. The molecule has 0 saturated carbocycles. The van der Waals surface area contributed by atoms with Gasteiger partial charge in [-0.1, -0.05) is 0 Å². The van der Waals surface area contributed by atoms with Crippen LogP contribution in [0.2, 0.25) is 0 Å². The van der Waals surface area contributed by atoms with E-state index in [1.807, 2.05) is 0 Å². The van der Waals surface area contributed by atoms with Gasteiger partial charge in [0.15, 0.2) is 0 Å². The van der Waals surface area contributed by atoms with Crippen molar-refractivity contribution in [3.63, 3.8) is 0 Å². The molecule has 2 aromatic carbocycles. The number of halogens is 2. The highest BCUT2D eigenvalue weighted by molar-refractivity contribution is 5.93. The van der Waals surface area contributed by atoms with E-state index in [0.29, 0.717) is 17.9 Å². The third-order valence-corrected chi connectivity index (χ3v) is 4.78. The second-order valence-corrected chi connectivity index (χ2v) is 6.79. The molecule has 1 aromatic heterocycles. The van der Waals surface area contributed by atoms with Crippen LogP contribution in [0.4, 0.5) is 20.4 Å². The number of anilines is 2. The number of amides is 1. The number of methoxy groups -OCH3 is 1. The number of carbonyl (C=O) groups excluding carboxylic acids is 1. The second-order valence-electron chi connectivity index (χ2n) is 6.79. The molecule has 0 aliphatic carbocycles. The van der Waals surface area contributed by atoms with Gasteiger partial charge >= 0.3 is 0 Å². The van der Waals surface area contributed by atoms with Crippen LogP contribution in [0.3, 0.4) is 0 Å². The third-order valence-electron chi connectivity index (χ3n) is 4.78. The fourth-order valence-corrected chi connectivity index (χ4v) is 3.31. The second kappa shape index (κ2) is 7.94. The van der Waals surface area contributed by atoms with Crippen LogP contribution in [0, 0.1) is 17.6 Å². The van der Waals surface area contributed by atoms with Gasteiger partial charge in [0.25, 0.3) is 0 Å². The van der Waals surface area contributed by atoms with Gasteiger partial charge in [-0.15, -0.1) is 0 Å². The number of nitrogens with zero attached hydrogens (tertiary/aromatic N) is 2. The highest BCUT2D eigenvalue weighted by Crippen LogP contribution is 2.32. The molecule has 1 amide bonds. The Morgan fingerprint density at radius 2 is 2.00 bits per heavy atom. The zero-order chi connectivity index (χ0) is 21.3. The Kier molecular flexibility index (Phi) is 5.18. The van der Waals surface area contributed by atoms with Crippen molar-refractivity contribution in [2.45, 2.75) is 6.42 Å². The summed E-state index contributed by atoms with van der Waals surface area (Å²) in [5, 5.41) is 2.56. The molecule has 0 saturated heterocycles. The van der Waals surface area contributed by atoms with Gasteiger partial charge in [0, 0.05) is 11.9 Å². The summed E-state index contributed by atoms with van der Waals surface area (Å²) in [6.07, 6.45) is 1.73. The third kappa shape index (κ3) is 3.86. The lowest BCUT2D eigenvalue weighted by Crippen LogP contribution is -2.32. The Morgan fingerprint density at radius 1 is 1.23 bits per heavy atom. The predicted molar refractivity (Wildman–Crippen MR) is 106 cm³/mol. The molecular weight excluding hydrogens is 394 g/mol. The van der Waals surface area contributed by atoms with E-state index in [9.17, 15) is 13.6 Å². The Morgan fingerprint density at radius 3 is 2.70 bits per heavy atom. The Labute approximate surface area is 170 Å². The normalized spacial score (nSPS) is 15.1. The summed E-state index contributed by atoms with van der Waals surface area (Å²) >= 11 is 0. The minimum Gasteiger partial charge on any atom is -0.497 e. The van der Waals surface area contributed by atoms with Crippen LogP contribution in [0.5, 0.6) is 11.5 Å². The van der Waals surface area contributed by atoms with Crippen molar-refractivity contribution in [1.82, 2.24) is 9.97 Å². The van der Waals surface area contributed by atoms with Crippen molar-refractivity contribution < 1.29 is 23.0 Å². The quantitative estimate of drug-likeness (QED) is 0.683. The van der Waals surface area contributed by atoms with E-state index in [0.717, 1.165) is 17.7 Å². The van der Waals surface area contributed by atoms with Crippen LogP contribution in [-0.4, -0.2) is 29.6 Å². The van der Waals surface area contributed by atoms with Gasteiger partial charge in [-0.25, -0.2) is 18.7 Å². The van der Waals surface area contributed by atoms with Gasteiger partial charge in [-0.2, -0.15) is 0 Å². The van der Waals surface area contributed by atoms with Crippen molar-refractivity contribution in [1.29, 1.82) is 0 Å². The van der Waals surface area contributed by atoms with Crippen molar-refractivity contribution in [2.75, 3.05) is 24.8 Å². The monoisotopic (exact) mass is 412 g/mol. The van der Waals surface area contributed by atoms with Gasteiger partial charge in [-0.05, 0) is 48.4 Å². The molecule has 1 aliphatic rings. The van der Waals surface area contributed by atoms with E-state index in [-0.39, 0.29) is 29.5 Å². The minimum absolute atomic E-state index is 0.00258. The van der Waals surface area contributed by atoms with Gasteiger partial charge < -0.3 is 20.5 Å². The maximum atomic E-state index is 14.6. The number of hydrogen-bond donors (Lipinski definition) is 2. The summed E-state index contributed by atoms with van der Waals surface area (Å²) < 4.78 is 40.0. The highest BCUT2D eigenvalue weighted by atomic mass is 19.1. The van der Waals surface area contributed by atoms with Gasteiger partial charge in [-0.3, -0.25) is 4.79 Å². The predicted octanol–water partition coefficient (Wildman–Crippen LogP) is 3.20. The Hall–Kier alpha value is -3.75. The lowest BCUT2D eigenvalue weighted by molar-refractivity contribution is -0.121. The van der Waals surface area contributed by atoms with E-state index in [4.69, 9.17) is 15.2 Å². The van der Waals surface area contributed by atoms with E-state index < -0.39 is 23.5 Å². The summed E-state index contributed by atoms with van der Waals surface area (Å²) in [6.45, 7) is 0.161. The molecule has 1 aliphatic heterocycles. The molecule has 1 atom stereocenters. The maximum Gasteiger partial charge on any atom is 0.231 e. The van der Waals surface area contributed by atoms with Crippen molar-refractivity contribution >= 4 is 17.5 Å². The first-order valence-corrected chi connectivity index (χ1v) is 9.13. The standard InChI is InChI=1S/C21H18F2N4O3/c1-29-14-2-3-18-11(7-14)6-12(10-30-18)20(28)26-13-8-15(22)19(16(23)9-13)17-4-5-25-21(24)27-17/h2-5,7-9,12H,6,10H2,1H3,(H,26,28)(H2,24,25,27)/t12-/m0/s1. The van der Waals surface area contributed by atoms with Crippen molar-refractivity contribution in [3.05, 3.63) is 59.8 Å². The topological polar surface area (TPSA) is 99.4 Å². The SMILES string of the molecule is COc1ccc2c(c1)C[C@H](C(=O)Nc1cc(F)c(-c3ccnc(N)n3)c(F)c1)CO2. The smallest absolute Gasteiger partial charge is 0.231 e. The molecule has 154 valence electrons. The van der Waals surface area contributed by atoms with Crippen molar-refractivity contribution in [3.8, 4) is 22.8 Å². The fraction of sp³-hybridized carbons (Fsp3) is 0.190.